The Balaban J connectivity index is 2.05. The van der Waals surface area contributed by atoms with Crippen molar-refractivity contribution in [2.45, 2.75) is 76.9 Å². The SMILES string of the molecule is CCCCCCCCCCCCOC(=O)c1ccc(CS(=O)(=O)O)o1. The van der Waals surface area contributed by atoms with Gasteiger partial charge in [0.15, 0.2) is 0 Å². The molecule has 0 aromatic carbocycles. The molecule has 7 heteroatoms. The van der Waals surface area contributed by atoms with Gasteiger partial charge in [-0.2, -0.15) is 8.42 Å². The van der Waals surface area contributed by atoms with Crippen LogP contribution in [0.2, 0.25) is 0 Å². The summed E-state index contributed by atoms with van der Waals surface area (Å²) in [5.41, 5.74) is 0. The first-order valence-corrected chi connectivity index (χ1v) is 10.7. The van der Waals surface area contributed by atoms with Crippen molar-refractivity contribution in [3.8, 4) is 0 Å². The van der Waals surface area contributed by atoms with E-state index in [2.05, 4.69) is 6.92 Å². The lowest BCUT2D eigenvalue weighted by Crippen LogP contribution is -2.05. The zero-order valence-electron chi connectivity index (χ0n) is 15.0. The molecule has 1 aromatic rings. The summed E-state index contributed by atoms with van der Waals surface area (Å²) in [6.07, 6.45) is 12.0. The van der Waals surface area contributed by atoms with Crippen LogP contribution in [0.25, 0.3) is 0 Å². The Bertz CT molecular complexity index is 590. The molecule has 1 heterocycles. The average Bonchev–Trinajstić information content (AvgIpc) is 2.99. The number of furan rings is 1. The first kappa shape index (κ1) is 21.7. The monoisotopic (exact) mass is 374 g/mol. The largest absolute Gasteiger partial charge is 0.460 e. The highest BCUT2D eigenvalue weighted by molar-refractivity contribution is 7.84. The van der Waals surface area contributed by atoms with E-state index in [1.54, 1.807) is 0 Å². The van der Waals surface area contributed by atoms with Crippen LogP contribution in [0.5, 0.6) is 0 Å². The molecule has 1 N–H and O–H groups in total. The van der Waals surface area contributed by atoms with Gasteiger partial charge in [-0.3, -0.25) is 4.55 Å². The van der Waals surface area contributed by atoms with Crippen LogP contribution in [0.1, 0.15) is 87.4 Å². The third-order valence-corrected chi connectivity index (χ3v) is 4.57. The third kappa shape index (κ3) is 11.0. The zero-order chi connectivity index (χ0) is 18.5. The first-order valence-electron chi connectivity index (χ1n) is 9.13. The normalized spacial score (nSPS) is 11.6. The predicted octanol–water partition coefficient (Wildman–Crippen LogP) is 4.75. The topological polar surface area (TPSA) is 93.8 Å². The Labute approximate surface area is 150 Å². The number of unbranched alkanes of at least 4 members (excludes halogenated alkanes) is 9. The molecule has 0 atom stereocenters. The molecule has 0 aliphatic rings. The number of carbonyl (C=O) groups excluding carboxylic acids is 1. The molecule has 0 aliphatic carbocycles. The lowest BCUT2D eigenvalue weighted by molar-refractivity contribution is 0.0459. The molecular formula is C18H30O6S. The molecule has 0 radical (unpaired) electrons. The molecule has 0 saturated carbocycles. The van der Waals surface area contributed by atoms with Crippen molar-refractivity contribution in [3.05, 3.63) is 23.7 Å². The lowest BCUT2D eigenvalue weighted by Gasteiger charge is -2.04. The number of ether oxygens (including phenoxy) is 1. The van der Waals surface area contributed by atoms with Crippen LogP contribution in [0.4, 0.5) is 0 Å². The smallest absolute Gasteiger partial charge is 0.374 e. The standard InChI is InChI=1S/C18H30O6S/c1-2-3-4-5-6-7-8-9-10-11-14-23-18(19)17-13-12-16(24-17)15-25(20,21)22/h12-13H,2-11,14-15H2,1H3,(H,20,21,22). The second kappa shape index (κ2) is 12.1. The number of hydrogen-bond donors (Lipinski definition) is 1. The van der Waals surface area contributed by atoms with Crippen molar-refractivity contribution in [2.24, 2.45) is 0 Å². The molecule has 6 nitrogen and oxygen atoms in total. The van der Waals surface area contributed by atoms with E-state index in [0.717, 1.165) is 19.3 Å². The van der Waals surface area contributed by atoms with E-state index < -0.39 is 21.8 Å². The van der Waals surface area contributed by atoms with Crippen LogP contribution < -0.4 is 0 Å². The van der Waals surface area contributed by atoms with Gasteiger partial charge in [0.1, 0.15) is 11.5 Å². The summed E-state index contributed by atoms with van der Waals surface area (Å²) in [6, 6.07) is 2.69. The van der Waals surface area contributed by atoms with Crippen molar-refractivity contribution >= 4 is 16.1 Å². The molecule has 0 amide bonds. The summed E-state index contributed by atoms with van der Waals surface area (Å²) >= 11 is 0. The third-order valence-electron chi connectivity index (χ3n) is 3.92. The van der Waals surface area contributed by atoms with E-state index in [-0.39, 0.29) is 11.5 Å². The minimum absolute atomic E-state index is 0.00777. The van der Waals surface area contributed by atoms with Crippen molar-refractivity contribution in [1.82, 2.24) is 0 Å². The molecule has 0 aliphatic heterocycles. The number of esters is 1. The highest BCUT2D eigenvalue weighted by Crippen LogP contribution is 2.13. The van der Waals surface area contributed by atoms with Crippen LogP contribution in [-0.2, 0) is 20.6 Å². The molecule has 1 aromatic heterocycles. The number of hydrogen-bond acceptors (Lipinski definition) is 5. The quantitative estimate of drug-likeness (QED) is 0.287. The summed E-state index contributed by atoms with van der Waals surface area (Å²) in [5.74, 6) is -1.31. The fraction of sp³-hybridized carbons (Fsp3) is 0.722. The van der Waals surface area contributed by atoms with Crippen molar-refractivity contribution in [3.63, 3.8) is 0 Å². The van der Waals surface area contributed by atoms with Crippen molar-refractivity contribution in [1.29, 1.82) is 0 Å². The molecule has 0 bridgehead atoms. The van der Waals surface area contributed by atoms with Gasteiger partial charge in [0.2, 0.25) is 5.76 Å². The number of carbonyl (C=O) groups is 1. The Morgan fingerprint density at radius 2 is 1.56 bits per heavy atom. The fourth-order valence-electron chi connectivity index (χ4n) is 2.57. The predicted molar refractivity (Wildman–Crippen MR) is 96.1 cm³/mol. The minimum Gasteiger partial charge on any atom is -0.460 e. The van der Waals surface area contributed by atoms with Gasteiger partial charge in [-0.1, -0.05) is 64.7 Å². The summed E-state index contributed by atoms with van der Waals surface area (Å²) in [6.45, 7) is 2.54. The molecule has 0 saturated heterocycles. The van der Waals surface area contributed by atoms with E-state index in [1.165, 1.54) is 57.1 Å². The molecule has 0 spiro atoms. The maximum Gasteiger partial charge on any atom is 0.374 e. The highest BCUT2D eigenvalue weighted by atomic mass is 32.2. The van der Waals surface area contributed by atoms with Crippen molar-refractivity contribution < 1.29 is 26.9 Å². The molecule has 25 heavy (non-hydrogen) atoms. The van der Waals surface area contributed by atoms with E-state index >= 15 is 0 Å². The minimum atomic E-state index is -4.17. The maximum atomic E-state index is 11.8. The Kier molecular flexibility index (Phi) is 10.5. The molecule has 144 valence electrons. The highest BCUT2D eigenvalue weighted by Gasteiger charge is 2.15. The molecule has 0 unspecified atom stereocenters. The van der Waals surface area contributed by atoms with Gasteiger partial charge in [-0.15, -0.1) is 0 Å². The van der Waals surface area contributed by atoms with Gasteiger partial charge in [-0.25, -0.2) is 4.79 Å². The Hall–Kier alpha value is -1.34. The zero-order valence-corrected chi connectivity index (χ0v) is 15.9. The van der Waals surface area contributed by atoms with E-state index in [9.17, 15) is 13.2 Å². The summed E-state index contributed by atoms with van der Waals surface area (Å²) in [4.78, 5) is 11.8. The number of rotatable bonds is 14. The molecular weight excluding hydrogens is 344 g/mol. The lowest BCUT2D eigenvalue weighted by atomic mass is 10.1. The second-order valence-corrected chi connectivity index (χ2v) is 7.76. The van der Waals surface area contributed by atoms with E-state index in [4.69, 9.17) is 13.7 Å². The van der Waals surface area contributed by atoms with Gasteiger partial charge in [-0.05, 0) is 18.6 Å². The van der Waals surface area contributed by atoms with Crippen LogP contribution in [-0.4, -0.2) is 25.5 Å². The maximum absolute atomic E-state index is 11.8. The molecule has 1 rings (SSSR count). The van der Waals surface area contributed by atoms with E-state index in [0.29, 0.717) is 6.61 Å². The summed E-state index contributed by atoms with van der Waals surface area (Å²) < 4.78 is 40.4. The van der Waals surface area contributed by atoms with Crippen LogP contribution in [0.3, 0.4) is 0 Å². The summed E-state index contributed by atoms with van der Waals surface area (Å²) in [5, 5.41) is 0. The van der Waals surface area contributed by atoms with Gasteiger partial charge in [0.25, 0.3) is 10.1 Å². The first-order chi connectivity index (χ1) is 11.9. The van der Waals surface area contributed by atoms with Gasteiger partial charge < -0.3 is 9.15 Å². The van der Waals surface area contributed by atoms with Crippen LogP contribution >= 0.6 is 0 Å². The van der Waals surface area contributed by atoms with Gasteiger partial charge in [0.05, 0.1) is 6.61 Å². The summed E-state index contributed by atoms with van der Waals surface area (Å²) in [7, 11) is -4.17. The fourth-order valence-corrected chi connectivity index (χ4v) is 3.09. The Morgan fingerprint density at radius 1 is 1.00 bits per heavy atom. The Morgan fingerprint density at radius 3 is 2.12 bits per heavy atom. The average molecular weight is 374 g/mol. The van der Waals surface area contributed by atoms with Crippen LogP contribution in [0, 0.1) is 0 Å². The van der Waals surface area contributed by atoms with Crippen LogP contribution in [0.15, 0.2) is 16.5 Å². The van der Waals surface area contributed by atoms with Gasteiger partial charge in [0, 0.05) is 0 Å². The van der Waals surface area contributed by atoms with Gasteiger partial charge >= 0.3 is 5.97 Å². The van der Waals surface area contributed by atoms with Crippen molar-refractivity contribution in [2.75, 3.05) is 6.61 Å². The second-order valence-electron chi connectivity index (χ2n) is 6.31. The van der Waals surface area contributed by atoms with E-state index in [1.807, 2.05) is 0 Å². The molecule has 0 fully saturated rings.